The Morgan fingerprint density at radius 3 is 2.21 bits per heavy atom. The third-order valence-corrected chi connectivity index (χ3v) is 4.82. The minimum Gasteiger partial charge on any atom is -0.468 e. The quantitative estimate of drug-likeness (QED) is 0.271. The molecule has 1 aromatic rings. The van der Waals surface area contributed by atoms with E-state index in [0.29, 0.717) is 5.56 Å². The van der Waals surface area contributed by atoms with Gasteiger partial charge in [0.1, 0.15) is 30.8 Å². The van der Waals surface area contributed by atoms with Gasteiger partial charge in [0.05, 0.1) is 13.2 Å². The van der Waals surface area contributed by atoms with Crippen molar-refractivity contribution in [2.24, 2.45) is 0 Å². The average Bonchev–Trinajstić information content (AvgIpc) is 2.73. The molecule has 2 N–H and O–H groups in total. The van der Waals surface area contributed by atoms with E-state index in [1.807, 2.05) is 26.0 Å². The van der Waals surface area contributed by atoms with Crippen LogP contribution < -0.4 is 10.6 Å². The molecule has 0 fully saturated rings. The fraction of sp³-hybridized carbons (Fsp3) is 0.522. The SMILES string of the molecule is COC(=O)CNC(=O)C(c1cc(C)cc(C)c1)N(CC#N)C(=O)C(CS)NC(=O)OC(C)(C)C. The topological polar surface area (TPSA) is 138 Å². The molecule has 0 heterocycles. The number of alkyl carbamates (subject to hydrolysis) is 1. The van der Waals surface area contributed by atoms with Gasteiger partial charge in [-0.25, -0.2) is 4.79 Å². The van der Waals surface area contributed by atoms with Gasteiger partial charge in [0.2, 0.25) is 11.8 Å². The van der Waals surface area contributed by atoms with E-state index in [-0.39, 0.29) is 5.75 Å². The highest BCUT2D eigenvalue weighted by Gasteiger charge is 2.36. The van der Waals surface area contributed by atoms with Crippen LogP contribution in [0.4, 0.5) is 4.79 Å². The van der Waals surface area contributed by atoms with Gasteiger partial charge in [-0.05, 0) is 40.2 Å². The van der Waals surface area contributed by atoms with Gasteiger partial charge in [0, 0.05) is 5.75 Å². The highest BCUT2D eigenvalue weighted by atomic mass is 32.1. The summed E-state index contributed by atoms with van der Waals surface area (Å²) < 4.78 is 9.77. The Labute approximate surface area is 205 Å². The predicted octanol–water partition coefficient (Wildman–Crippen LogP) is 1.81. The number of thiol groups is 1. The van der Waals surface area contributed by atoms with E-state index in [0.717, 1.165) is 16.0 Å². The van der Waals surface area contributed by atoms with Crippen LogP contribution in [0.3, 0.4) is 0 Å². The molecule has 10 nitrogen and oxygen atoms in total. The highest BCUT2D eigenvalue weighted by molar-refractivity contribution is 7.80. The number of ether oxygens (including phenoxy) is 2. The molecule has 11 heteroatoms. The van der Waals surface area contributed by atoms with Crippen LogP contribution in [0.5, 0.6) is 0 Å². The normalized spacial score (nSPS) is 12.5. The fourth-order valence-corrected chi connectivity index (χ4v) is 3.42. The Morgan fingerprint density at radius 1 is 1.15 bits per heavy atom. The lowest BCUT2D eigenvalue weighted by Crippen LogP contribution is -2.54. The molecule has 0 radical (unpaired) electrons. The highest BCUT2D eigenvalue weighted by Crippen LogP contribution is 2.25. The Kier molecular flexibility index (Phi) is 10.9. The number of nitrogens with zero attached hydrogens (tertiary/aromatic N) is 2. The van der Waals surface area contributed by atoms with Crippen molar-refractivity contribution in [3.63, 3.8) is 0 Å². The smallest absolute Gasteiger partial charge is 0.408 e. The van der Waals surface area contributed by atoms with E-state index in [9.17, 15) is 24.4 Å². The molecule has 0 saturated carbocycles. The lowest BCUT2D eigenvalue weighted by molar-refractivity contribution is -0.144. The summed E-state index contributed by atoms with van der Waals surface area (Å²) in [6, 6.07) is 4.79. The number of hydrogen-bond donors (Lipinski definition) is 3. The first-order valence-corrected chi connectivity index (χ1v) is 11.2. The summed E-state index contributed by atoms with van der Waals surface area (Å²) in [7, 11) is 1.18. The summed E-state index contributed by atoms with van der Waals surface area (Å²) in [6.45, 7) is 7.81. The van der Waals surface area contributed by atoms with Crippen molar-refractivity contribution in [2.75, 3.05) is 26.0 Å². The second-order valence-electron chi connectivity index (χ2n) is 8.62. The van der Waals surface area contributed by atoms with Gasteiger partial charge >= 0.3 is 12.1 Å². The molecule has 2 unspecified atom stereocenters. The summed E-state index contributed by atoms with van der Waals surface area (Å²) in [5, 5.41) is 14.3. The maximum Gasteiger partial charge on any atom is 0.408 e. The molecule has 0 aliphatic rings. The number of aryl methyl sites for hydroxylation is 2. The Bertz CT molecular complexity index is 934. The van der Waals surface area contributed by atoms with Crippen LogP contribution in [0, 0.1) is 25.2 Å². The lowest BCUT2D eigenvalue weighted by atomic mass is 9.98. The summed E-state index contributed by atoms with van der Waals surface area (Å²) in [6.07, 6.45) is -0.838. The van der Waals surface area contributed by atoms with E-state index >= 15 is 0 Å². The lowest BCUT2D eigenvalue weighted by Gasteiger charge is -2.32. The predicted molar refractivity (Wildman–Crippen MR) is 128 cm³/mol. The average molecular weight is 493 g/mol. The van der Waals surface area contributed by atoms with Gasteiger partial charge in [-0.1, -0.05) is 29.3 Å². The second-order valence-corrected chi connectivity index (χ2v) is 8.99. The molecular formula is C23H32N4O6S. The standard InChI is InChI=1S/C23H32N4O6S/c1-14-9-15(2)11-16(10-14)19(20(29)25-12-18(28)32-6)27(8-7-24)21(30)17(13-34)26-22(31)33-23(3,4)5/h9-11,17,19,34H,8,12-13H2,1-6H3,(H,25,29)(H,26,31). The van der Waals surface area contributed by atoms with E-state index in [1.54, 1.807) is 32.9 Å². The van der Waals surface area contributed by atoms with Gasteiger partial charge in [-0.15, -0.1) is 0 Å². The largest absolute Gasteiger partial charge is 0.468 e. The fourth-order valence-electron chi connectivity index (χ4n) is 3.18. The summed E-state index contributed by atoms with van der Waals surface area (Å²) >= 11 is 4.16. The van der Waals surface area contributed by atoms with Crippen LogP contribution in [0.25, 0.3) is 0 Å². The van der Waals surface area contributed by atoms with Crippen LogP contribution in [0.1, 0.15) is 43.5 Å². The molecule has 0 aromatic heterocycles. The molecule has 0 saturated heterocycles. The molecule has 186 valence electrons. The molecule has 1 rings (SSSR count). The van der Waals surface area contributed by atoms with E-state index in [4.69, 9.17) is 4.74 Å². The number of esters is 1. The van der Waals surface area contributed by atoms with Gasteiger partial charge < -0.3 is 25.0 Å². The van der Waals surface area contributed by atoms with Gasteiger partial charge in [0.15, 0.2) is 0 Å². The zero-order chi connectivity index (χ0) is 26.1. The monoisotopic (exact) mass is 492 g/mol. The number of carbonyl (C=O) groups is 4. The van der Waals surface area contributed by atoms with Gasteiger partial charge in [-0.3, -0.25) is 14.4 Å². The van der Waals surface area contributed by atoms with Crippen molar-refractivity contribution in [2.45, 2.75) is 52.3 Å². The van der Waals surface area contributed by atoms with Crippen molar-refractivity contribution in [1.82, 2.24) is 15.5 Å². The molecule has 0 bridgehead atoms. The first kappa shape index (κ1) is 28.8. The number of carbonyl (C=O) groups excluding carboxylic acids is 4. The first-order chi connectivity index (χ1) is 15.8. The third-order valence-electron chi connectivity index (χ3n) is 4.45. The summed E-state index contributed by atoms with van der Waals surface area (Å²) in [5.41, 5.74) is 1.32. The van der Waals surface area contributed by atoms with Crippen molar-refractivity contribution >= 4 is 36.5 Å². The van der Waals surface area contributed by atoms with Crippen LogP contribution in [-0.2, 0) is 23.9 Å². The molecule has 0 spiro atoms. The van der Waals surface area contributed by atoms with Gasteiger partial charge in [-0.2, -0.15) is 17.9 Å². The molecular weight excluding hydrogens is 460 g/mol. The molecule has 1 aromatic carbocycles. The van der Waals surface area contributed by atoms with E-state index in [2.05, 4.69) is 28.0 Å². The van der Waals surface area contributed by atoms with Crippen LogP contribution >= 0.6 is 12.6 Å². The third kappa shape index (κ3) is 8.94. The number of rotatable bonds is 9. The Balaban J connectivity index is 3.39. The maximum absolute atomic E-state index is 13.4. The minimum absolute atomic E-state index is 0.108. The zero-order valence-corrected chi connectivity index (χ0v) is 21.2. The maximum atomic E-state index is 13.4. The summed E-state index contributed by atoms with van der Waals surface area (Å²) in [4.78, 5) is 51.5. The van der Waals surface area contributed by atoms with Crippen LogP contribution in [0.2, 0.25) is 0 Å². The van der Waals surface area contributed by atoms with E-state index in [1.165, 1.54) is 7.11 Å². The number of nitrogens with one attached hydrogen (secondary N) is 2. The number of methoxy groups -OCH3 is 1. The van der Waals surface area contributed by atoms with Crippen molar-refractivity contribution in [3.05, 3.63) is 34.9 Å². The molecule has 3 amide bonds. The van der Waals surface area contributed by atoms with Crippen molar-refractivity contribution in [1.29, 1.82) is 5.26 Å². The summed E-state index contributed by atoms with van der Waals surface area (Å²) in [5.74, 6) is -2.18. The van der Waals surface area contributed by atoms with Crippen LogP contribution in [-0.4, -0.2) is 66.4 Å². The van der Waals surface area contributed by atoms with E-state index < -0.39 is 54.7 Å². The Morgan fingerprint density at radius 2 is 1.74 bits per heavy atom. The molecule has 34 heavy (non-hydrogen) atoms. The molecule has 2 atom stereocenters. The zero-order valence-electron chi connectivity index (χ0n) is 20.3. The number of hydrogen-bond acceptors (Lipinski definition) is 8. The number of benzene rings is 1. The Hall–Kier alpha value is -3.26. The van der Waals surface area contributed by atoms with Crippen molar-refractivity contribution in [3.8, 4) is 6.07 Å². The number of amides is 3. The molecule has 0 aliphatic carbocycles. The number of nitriles is 1. The molecule has 0 aliphatic heterocycles. The van der Waals surface area contributed by atoms with Gasteiger partial charge in [0.25, 0.3) is 0 Å². The second kappa shape index (κ2) is 12.8. The van der Waals surface area contributed by atoms with Crippen LogP contribution in [0.15, 0.2) is 18.2 Å². The first-order valence-electron chi connectivity index (χ1n) is 10.5. The minimum atomic E-state index is -1.25. The van der Waals surface area contributed by atoms with Crippen molar-refractivity contribution < 1.29 is 28.7 Å².